The molecule has 0 unspecified atom stereocenters. The van der Waals surface area contributed by atoms with Crippen molar-refractivity contribution in [2.45, 2.75) is 47.0 Å². The van der Waals surface area contributed by atoms with Crippen LogP contribution in [0.4, 0.5) is 9.59 Å². The zero-order valence-electron chi connectivity index (χ0n) is 35.3. The number of hydrogen-bond acceptors (Lipinski definition) is 22. The highest BCUT2D eigenvalue weighted by Crippen LogP contribution is 1.96. The third-order valence-electron chi connectivity index (χ3n) is 7.00. The minimum atomic E-state index is -0.735. The average Bonchev–Trinajstić information content (AvgIpc) is 3.16. The fraction of sp³-hybridized carbons (Fsp3) is 0.730. The van der Waals surface area contributed by atoms with Crippen molar-refractivity contribution in [3.05, 3.63) is 0 Å². The van der Waals surface area contributed by atoms with E-state index in [4.69, 9.17) is 47.4 Å². The lowest BCUT2D eigenvalue weighted by atomic mass is 10.4. The van der Waals surface area contributed by atoms with E-state index in [1.165, 1.54) is 27.7 Å². The molecule has 0 saturated heterocycles. The summed E-state index contributed by atoms with van der Waals surface area (Å²) in [6, 6.07) is 0. The Morgan fingerprint density at radius 1 is 0.377 bits per heavy atom. The molecule has 0 spiro atoms. The molecule has 0 aromatic heterocycles. The van der Waals surface area contributed by atoms with Crippen molar-refractivity contribution in [2.75, 3.05) is 132 Å². The first kappa shape index (κ1) is 55.5. The van der Waals surface area contributed by atoms with Crippen LogP contribution in [0.1, 0.15) is 47.0 Å². The molecule has 0 radical (unpaired) electrons. The molecule has 0 aliphatic heterocycles. The summed E-state index contributed by atoms with van der Waals surface area (Å²) < 4.78 is 49.6. The first-order chi connectivity index (χ1) is 29.1. The van der Waals surface area contributed by atoms with Gasteiger partial charge in [-0.3, -0.25) is 29.0 Å². The van der Waals surface area contributed by atoms with E-state index >= 15 is 0 Å². The van der Waals surface area contributed by atoms with E-state index < -0.39 is 74.4 Å². The number of ether oxygens (including phenoxy) is 10. The van der Waals surface area contributed by atoms with Crippen LogP contribution >= 0.6 is 0 Å². The van der Waals surface area contributed by atoms with Crippen LogP contribution in [0.15, 0.2) is 0 Å². The number of Topliss-reactive ketones (excluding diaryl/α,β-unsaturated/α-hetero) is 2. The van der Waals surface area contributed by atoms with Gasteiger partial charge in [0.2, 0.25) is 0 Å². The molecule has 0 heterocycles. The Morgan fingerprint density at radius 3 is 0.984 bits per heavy atom. The van der Waals surface area contributed by atoms with E-state index in [1.807, 2.05) is 0 Å². The number of hydrogen-bond donors (Lipinski definition) is 2. The molecule has 0 saturated carbocycles. The lowest BCUT2D eigenvalue weighted by molar-refractivity contribution is -0.157. The zero-order chi connectivity index (χ0) is 45.7. The van der Waals surface area contributed by atoms with Crippen LogP contribution in [0, 0.1) is 0 Å². The van der Waals surface area contributed by atoms with Crippen molar-refractivity contribution < 1.29 is 95.3 Å². The number of nitrogens with one attached hydrogen (secondary N) is 2. The number of carbonyl (C=O) groups excluding carboxylic acids is 10. The maximum Gasteiger partial charge on any atom is 0.407 e. The van der Waals surface area contributed by atoms with Gasteiger partial charge in [0.15, 0.2) is 0 Å². The van der Waals surface area contributed by atoms with Gasteiger partial charge in [-0.2, -0.15) is 0 Å². The summed E-state index contributed by atoms with van der Waals surface area (Å²) in [5, 5.41) is 4.92. The maximum atomic E-state index is 11.8. The van der Waals surface area contributed by atoms with Gasteiger partial charge in [0.1, 0.15) is 64.4 Å². The molecule has 24 nitrogen and oxygen atoms in total. The highest BCUT2D eigenvalue weighted by molar-refractivity contribution is 5.78. The summed E-state index contributed by atoms with van der Waals surface area (Å²) in [6.45, 7) is 4.67. The molecule has 2 amide bonds. The van der Waals surface area contributed by atoms with Crippen molar-refractivity contribution in [1.29, 1.82) is 0 Å². The van der Waals surface area contributed by atoms with Gasteiger partial charge in [0.25, 0.3) is 0 Å². The van der Waals surface area contributed by atoms with Crippen LogP contribution in [0.2, 0.25) is 0 Å². The summed E-state index contributed by atoms with van der Waals surface area (Å²) >= 11 is 0. The van der Waals surface area contributed by atoms with E-state index in [-0.39, 0.29) is 136 Å². The molecule has 0 aromatic carbocycles. The molecule has 0 bridgehead atoms. The first-order valence-corrected chi connectivity index (χ1v) is 19.4. The molecule has 0 aliphatic carbocycles. The number of amides is 2. The number of nitrogens with zero attached hydrogens (tertiary/aromatic N) is 2. The number of rotatable bonds is 36. The Hall–Kier alpha value is -5.46. The summed E-state index contributed by atoms with van der Waals surface area (Å²) in [4.78, 5) is 119. The van der Waals surface area contributed by atoms with Gasteiger partial charge in [-0.05, 0) is 26.7 Å². The normalized spacial score (nSPS) is 10.6. The van der Waals surface area contributed by atoms with Crippen molar-refractivity contribution in [1.82, 2.24) is 20.4 Å². The topological polar surface area (TPSA) is 294 Å². The molecule has 0 aromatic rings. The molecule has 0 fully saturated rings. The second kappa shape index (κ2) is 36.4. The highest BCUT2D eigenvalue weighted by atomic mass is 16.6. The smallest absolute Gasteiger partial charge is 0.407 e. The van der Waals surface area contributed by atoms with Crippen LogP contribution in [0.3, 0.4) is 0 Å². The summed E-state index contributed by atoms with van der Waals surface area (Å²) in [7, 11) is 0. The number of alkyl carbamates (subject to hydrolysis) is 2. The summed E-state index contributed by atoms with van der Waals surface area (Å²) in [5.74, 6) is -4.05. The van der Waals surface area contributed by atoms with Crippen molar-refractivity contribution >= 4 is 59.6 Å². The number of carbonyl (C=O) groups is 10. The molecular weight excluding hydrogens is 820 g/mol. The Labute approximate surface area is 353 Å². The van der Waals surface area contributed by atoms with Gasteiger partial charge < -0.3 is 58.0 Å². The van der Waals surface area contributed by atoms with Gasteiger partial charge in [-0.1, -0.05) is 0 Å². The zero-order valence-corrected chi connectivity index (χ0v) is 35.3. The van der Waals surface area contributed by atoms with Crippen LogP contribution in [-0.4, -0.2) is 201 Å². The van der Waals surface area contributed by atoms with Crippen LogP contribution in [0.5, 0.6) is 0 Å². The third-order valence-corrected chi connectivity index (χ3v) is 7.00. The van der Waals surface area contributed by atoms with Crippen LogP contribution < -0.4 is 10.6 Å². The SMILES string of the molecule is CC(=O)CN(CCOC(C)=O)CCOC(=O)COCC(=O)OCCCNC(=O)OCCCOC(=O)NCCCOC(=O)COCC(=O)OCCN(CCOC(C)=O)CC(C)=O. The fourth-order valence-corrected chi connectivity index (χ4v) is 4.37. The van der Waals surface area contributed by atoms with Gasteiger partial charge in [-0.15, -0.1) is 0 Å². The van der Waals surface area contributed by atoms with Crippen molar-refractivity contribution in [2.24, 2.45) is 0 Å². The number of ketones is 2. The van der Waals surface area contributed by atoms with E-state index in [0.717, 1.165) is 0 Å². The monoisotopic (exact) mass is 880 g/mol. The van der Waals surface area contributed by atoms with E-state index in [0.29, 0.717) is 0 Å². The van der Waals surface area contributed by atoms with Crippen LogP contribution in [-0.2, 0) is 85.7 Å². The molecule has 0 rings (SSSR count). The largest absolute Gasteiger partial charge is 0.465 e. The average molecular weight is 881 g/mol. The standard InChI is InChI=1S/C37H60N4O20/c1-28(42)22-40(10-18-54-30(3)44)12-20-58-34(48)26-52-24-32(46)56-14-5-8-38-36(50)60-16-7-17-61-37(51)39-9-6-15-57-33(47)25-53-27-35(49)59-21-13-41(23-29(2)43)11-19-55-31(4)45/h5-27H2,1-4H3,(H,38,50)(H,39,51). The summed E-state index contributed by atoms with van der Waals surface area (Å²) in [5.41, 5.74) is 0. The minimum absolute atomic E-state index is 0.0419. The second-order valence-corrected chi connectivity index (χ2v) is 12.7. The molecular formula is C37H60N4O20. The molecule has 0 aliphatic rings. The predicted octanol–water partition coefficient (Wildman–Crippen LogP) is -1.28. The van der Waals surface area contributed by atoms with E-state index in [1.54, 1.807) is 9.80 Å². The highest BCUT2D eigenvalue weighted by Gasteiger charge is 2.14. The Balaban J connectivity index is 3.79. The lowest BCUT2D eigenvalue weighted by Crippen LogP contribution is -2.35. The minimum Gasteiger partial charge on any atom is -0.465 e. The van der Waals surface area contributed by atoms with Crippen molar-refractivity contribution in [3.8, 4) is 0 Å². The predicted molar refractivity (Wildman–Crippen MR) is 206 cm³/mol. The third kappa shape index (κ3) is 38.5. The molecule has 2 N–H and O–H groups in total. The molecule has 0 atom stereocenters. The van der Waals surface area contributed by atoms with Gasteiger partial charge >= 0.3 is 48.0 Å². The maximum absolute atomic E-state index is 11.8. The Kier molecular flexibility index (Phi) is 33.1. The van der Waals surface area contributed by atoms with Gasteiger partial charge in [-0.25, -0.2) is 28.8 Å². The quantitative estimate of drug-likeness (QED) is 0.0421. The van der Waals surface area contributed by atoms with Crippen molar-refractivity contribution in [3.63, 3.8) is 0 Å². The fourth-order valence-electron chi connectivity index (χ4n) is 4.37. The molecule has 348 valence electrons. The van der Waals surface area contributed by atoms with Crippen LogP contribution in [0.25, 0.3) is 0 Å². The Bertz CT molecular complexity index is 1280. The molecule has 61 heavy (non-hydrogen) atoms. The van der Waals surface area contributed by atoms with Gasteiger partial charge in [0, 0.05) is 59.5 Å². The lowest BCUT2D eigenvalue weighted by Gasteiger charge is -2.20. The Morgan fingerprint density at radius 2 is 0.672 bits per heavy atom. The molecule has 24 heteroatoms. The first-order valence-electron chi connectivity index (χ1n) is 19.4. The summed E-state index contributed by atoms with van der Waals surface area (Å²) in [6.07, 6.45) is -0.726. The number of esters is 6. The van der Waals surface area contributed by atoms with Gasteiger partial charge in [0.05, 0.1) is 39.5 Å². The van der Waals surface area contributed by atoms with E-state index in [2.05, 4.69) is 10.6 Å². The second-order valence-electron chi connectivity index (χ2n) is 12.7. The van der Waals surface area contributed by atoms with E-state index in [9.17, 15) is 47.9 Å².